The van der Waals surface area contributed by atoms with Gasteiger partial charge in [-0.25, -0.2) is 0 Å². The van der Waals surface area contributed by atoms with E-state index in [1.807, 2.05) is 0 Å². The van der Waals surface area contributed by atoms with E-state index in [4.69, 9.17) is 0 Å². The van der Waals surface area contributed by atoms with E-state index in [-0.39, 0.29) is 0 Å². The predicted molar refractivity (Wildman–Crippen MR) is 80.6 cm³/mol. The standard InChI is InChI=1S/C17H24N2O/c1-13-4-2-3-5-14(13)6-9-17(20)19-11-10-15-7-8-16(12-19)18-15/h2-5,15-16,18H,6-12H2,1H3. The Morgan fingerprint density at radius 2 is 2.05 bits per heavy atom. The molecule has 3 rings (SSSR count). The number of benzene rings is 1. The van der Waals surface area contributed by atoms with Gasteiger partial charge in [0.15, 0.2) is 0 Å². The summed E-state index contributed by atoms with van der Waals surface area (Å²) < 4.78 is 0. The Kier molecular flexibility index (Phi) is 4.06. The molecule has 108 valence electrons. The molecule has 2 aliphatic rings. The summed E-state index contributed by atoms with van der Waals surface area (Å²) in [5.41, 5.74) is 2.59. The number of nitrogens with zero attached hydrogens (tertiary/aromatic N) is 1. The quantitative estimate of drug-likeness (QED) is 0.915. The van der Waals surface area contributed by atoms with Crippen LogP contribution in [0.25, 0.3) is 0 Å². The molecule has 2 atom stereocenters. The van der Waals surface area contributed by atoms with Gasteiger partial charge in [0, 0.05) is 31.6 Å². The molecule has 1 aromatic rings. The third-order valence-corrected chi connectivity index (χ3v) is 4.75. The Labute approximate surface area is 121 Å². The van der Waals surface area contributed by atoms with Crippen LogP contribution in [0.5, 0.6) is 0 Å². The number of nitrogens with one attached hydrogen (secondary N) is 1. The minimum absolute atomic E-state index is 0.322. The van der Waals surface area contributed by atoms with Crippen molar-refractivity contribution in [3.8, 4) is 0 Å². The molecule has 2 heterocycles. The van der Waals surface area contributed by atoms with Crippen molar-refractivity contribution >= 4 is 5.91 Å². The first-order chi connectivity index (χ1) is 9.72. The van der Waals surface area contributed by atoms with Gasteiger partial charge in [0.05, 0.1) is 0 Å². The van der Waals surface area contributed by atoms with Crippen LogP contribution in [0.3, 0.4) is 0 Å². The molecular weight excluding hydrogens is 248 g/mol. The third kappa shape index (κ3) is 3.04. The highest BCUT2D eigenvalue weighted by molar-refractivity contribution is 5.76. The maximum atomic E-state index is 12.4. The Morgan fingerprint density at radius 1 is 1.25 bits per heavy atom. The van der Waals surface area contributed by atoms with Gasteiger partial charge in [0.2, 0.25) is 5.91 Å². The number of aryl methyl sites for hydroxylation is 2. The molecule has 0 aliphatic carbocycles. The van der Waals surface area contributed by atoms with Gasteiger partial charge in [-0.05, 0) is 43.7 Å². The van der Waals surface area contributed by atoms with Crippen molar-refractivity contribution in [3.63, 3.8) is 0 Å². The third-order valence-electron chi connectivity index (χ3n) is 4.75. The molecule has 2 aliphatic heterocycles. The molecule has 1 aromatic carbocycles. The Hall–Kier alpha value is -1.35. The predicted octanol–water partition coefficient (Wildman–Crippen LogP) is 2.28. The second-order valence-electron chi connectivity index (χ2n) is 6.19. The van der Waals surface area contributed by atoms with Crippen molar-refractivity contribution in [2.24, 2.45) is 0 Å². The Balaban J connectivity index is 1.55. The molecule has 2 saturated heterocycles. The lowest BCUT2D eigenvalue weighted by molar-refractivity contribution is -0.131. The van der Waals surface area contributed by atoms with Gasteiger partial charge in [-0.15, -0.1) is 0 Å². The molecule has 3 heteroatoms. The zero-order valence-corrected chi connectivity index (χ0v) is 12.3. The van der Waals surface area contributed by atoms with Gasteiger partial charge in [0.25, 0.3) is 0 Å². The van der Waals surface area contributed by atoms with Crippen LogP contribution in [0.1, 0.15) is 36.8 Å². The van der Waals surface area contributed by atoms with Crippen molar-refractivity contribution in [1.82, 2.24) is 10.2 Å². The highest BCUT2D eigenvalue weighted by Crippen LogP contribution is 2.21. The van der Waals surface area contributed by atoms with Crippen LogP contribution in [0.4, 0.5) is 0 Å². The fourth-order valence-corrected chi connectivity index (χ4v) is 3.46. The lowest BCUT2D eigenvalue weighted by atomic mass is 10.0. The van der Waals surface area contributed by atoms with E-state index in [2.05, 4.69) is 41.4 Å². The normalized spacial score (nSPS) is 25.6. The number of rotatable bonds is 3. The summed E-state index contributed by atoms with van der Waals surface area (Å²) in [5, 5.41) is 3.63. The van der Waals surface area contributed by atoms with Crippen molar-refractivity contribution < 1.29 is 4.79 Å². The van der Waals surface area contributed by atoms with Gasteiger partial charge in [-0.2, -0.15) is 0 Å². The fourth-order valence-electron chi connectivity index (χ4n) is 3.46. The maximum Gasteiger partial charge on any atom is 0.222 e. The van der Waals surface area contributed by atoms with Gasteiger partial charge < -0.3 is 10.2 Å². The van der Waals surface area contributed by atoms with Crippen LogP contribution in [0.15, 0.2) is 24.3 Å². The monoisotopic (exact) mass is 272 g/mol. The topological polar surface area (TPSA) is 32.3 Å². The number of fused-ring (bicyclic) bond motifs is 2. The van der Waals surface area contributed by atoms with E-state index < -0.39 is 0 Å². The molecule has 1 N–H and O–H groups in total. The maximum absolute atomic E-state index is 12.4. The largest absolute Gasteiger partial charge is 0.341 e. The fraction of sp³-hybridized carbons (Fsp3) is 0.588. The number of carbonyl (C=O) groups is 1. The highest BCUT2D eigenvalue weighted by atomic mass is 16.2. The molecule has 2 bridgehead atoms. The molecule has 1 amide bonds. The molecule has 0 saturated carbocycles. The lowest BCUT2D eigenvalue weighted by Gasteiger charge is -2.24. The van der Waals surface area contributed by atoms with Crippen molar-refractivity contribution in [3.05, 3.63) is 35.4 Å². The Bertz CT molecular complexity index is 486. The van der Waals surface area contributed by atoms with E-state index in [0.717, 1.165) is 25.9 Å². The molecule has 20 heavy (non-hydrogen) atoms. The van der Waals surface area contributed by atoms with E-state index in [1.54, 1.807) is 0 Å². The SMILES string of the molecule is Cc1ccccc1CCC(=O)N1CCC2CCC(C1)N2. The van der Waals surface area contributed by atoms with Crippen LogP contribution in [0, 0.1) is 6.92 Å². The number of carbonyl (C=O) groups excluding carboxylic acids is 1. The Morgan fingerprint density at radius 3 is 2.90 bits per heavy atom. The average molecular weight is 272 g/mol. The van der Waals surface area contributed by atoms with Crippen molar-refractivity contribution in [2.45, 2.75) is 51.1 Å². The second kappa shape index (κ2) is 5.96. The first kappa shape index (κ1) is 13.6. The summed E-state index contributed by atoms with van der Waals surface area (Å²) in [5.74, 6) is 0.322. The highest BCUT2D eigenvalue weighted by Gasteiger charge is 2.30. The van der Waals surface area contributed by atoms with Crippen LogP contribution in [-0.4, -0.2) is 36.0 Å². The summed E-state index contributed by atoms with van der Waals surface area (Å²) >= 11 is 0. The smallest absolute Gasteiger partial charge is 0.222 e. The number of hydrogen-bond acceptors (Lipinski definition) is 2. The average Bonchev–Trinajstić information content (AvgIpc) is 2.77. The molecule has 0 aromatic heterocycles. The minimum Gasteiger partial charge on any atom is -0.341 e. The van der Waals surface area contributed by atoms with Crippen molar-refractivity contribution in [1.29, 1.82) is 0 Å². The van der Waals surface area contributed by atoms with Crippen LogP contribution < -0.4 is 5.32 Å². The molecule has 0 radical (unpaired) electrons. The first-order valence-electron chi connectivity index (χ1n) is 7.80. The molecule has 2 unspecified atom stereocenters. The first-order valence-corrected chi connectivity index (χ1v) is 7.80. The zero-order valence-electron chi connectivity index (χ0n) is 12.3. The van der Waals surface area contributed by atoms with E-state index in [1.165, 1.54) is 24.0 Å². The summed E-state index contributed by atoms with van der Waals surface area (Å²) in [6, 6.07) is 9.54. The second-order valence-corrected chi connectivity index (χ2v) is 6.19. The van der Waals surface area contributed by atoms with Gasteiger partial charge >= 0.3 is 0 Å². The molecule has 0 spiro atoms. The van der Waals surface area contributed by atoms with Crippen LogP contribution >= 0.6 is 0 Å². The zero-order chi connectivity index (χ0) is 13.9. The number of likely N-dealkylation sites (tertiary alicyclic amines) is 1. The summed E-state index contributed by atoms with van der Waals surface area (Å²) in [6.07, 6.45) is 5.14. The lowest BCUT2D eigenvalue weighted by Crippen LogP contribution is -2.39. The van der Waals surface area contributed by atoms with Crippen molar-refractivity contribution in [2.75, 3.05) is 13.1 Å². The van der Waals surface area contributed by atoms with Gasteiger partial charge in [0.1, 0.15) is 0 Å². The summed E-state index contributed by atoms with van der Waals surface area (Å²) in [6.45, 7) is 3.96. The van der Waals surface area contributed by atoms with Gasteiger partial charge in [-0.1, -0.05) is 24.3 Å². The number of amides is 1. The van der Waals surface area contributed by atoms with Crippen LogP contribution in [-0.2, 0) is 11.2 Å². The van der Waals surface area contributed by atoms with E-state index in [0.29, 0.717) is 24.4 Å². The minimum atomic E-state index is 0.322. The molecule has 2 fully saturated rings. The number of hydrogen-bond donors (Lipinski definition) is 1. The molecule has 3 nitrogen and oxygen atoms in total. The van der Waals surface area contributed by atoms with E-state index in [9.17, 15) is 4.79 Å². The van der Waals surface area contributed by atoms with Gasteiger partial charge in [-0.3, -0.25) is 4.79 Å². The summed E-state index contributed by atoms with van der Waals surface area (Å²) in [4.78, 5) is 14.5. The van der Waals surface area contributed by atoms with Crippen LogP contribution in [0.2, 0.25) is 0 Å². The summed E-state index contributed by atoms with van der Waals surface area (Å²) in [7, 11) is 0. The van der Waals surface area contributed by atoms with E-state index >= 15 is 0 Å². The molecular formula is C17H24N2O.